The van der Waals surface area contributed by atoms with Crippen LogP contribution in [0.5, 0.6) is 0 Å². The Bertz CT molecular complexity index is 914. The van der Waals surface area contributed by atoms with Crippen molar-refractivity contribution < 1.29 is 9.59 Å². The van der Waals surface area contributed by atoms with Crippen molar-refractivity contribution in [2.24, 2.45) is 11.7 Å². The smallest absolute Gasteiger partial charge is 0.251 e. The third kappa shape index (κ3) is 4.71. The van der Waals surface area contributed by atoms with Crippen molar-refractivity contribution >= 4 is 39.9 Å². The van der Waals surface area contributed by atoms with Gasteiger partial charge in [0.2, 0.25) is 5.91 Å². The lowest BCUT2D eigenvalue weighted by Crippen LogP contribution is -2.20. The topological polar surface area (TPSA) is 96.0 Å². The minimum absolute atomic E-state index is 0.148. The number of thiophene rings is 1. The molecule has 27 heavy (non-hydrogen) atoms. The number of fused-ring (bicyclic) bond motifs is 1. The number of nitrogens with zero attached hydrogens (tertiary/aromatic N) is 1. The fourth-order valence-corrected chi connectivity index (χ4v) is 5.46. The summed E-state index contributed by atoms with van der Waals surface area (Å²) in [6.07, 6.45) is 2.81. The average Bonchev–Trinajstić information content (AvgIpc) is 2.98. The van der Waals surface area contributed by atoms with Gasteiger partial charge < -0.3 is 11.1 Å². The fraction of sp³-hybridized carbons (Fsp3) is 0.350. The Labute approximate surface area is 167 Å². The standard InChI is InChI=1S/C20H21N3O2S2/c1-12-5-6-15-16(7-12)27-20(18(15)19(22)25)23-17(24)11-26-10-14-4-2-3-13(8-14)9-21/h2-4,8,12H,5-7,10-11H2,1H3,(H2,22,25)(H,23,24). The van der Waals surface area contributed by atoms with Crippen molar-refractivity contribution in [3.05, 3.63) is 51.4 Å². The van der Waals surface area contributed by atoms with Crippen molar-refractivity contribution in [2.75, 3.05) is 11.1 Å². The van der Waals surface area contributed by atoms with E-state index in [2.05, 4.69) is 18.3 Å². The van der Waals surface area contributed by atoms with Crippen molar-refractivity contribution in [3.8, 4) is 6.07 Å². The second-order valence-corrected chi connectivity index (χ2v) is 8.86. The molecule has 1 aromatic heterocycles. The molecule has 0 radical (unpaired) electrons. The molecule has 3 N–H and O–H groups in total. The number of nitriles is 1. The molecule has 140 valence electrons. The van der Waals surface area contributed by atoms with Gasteiger partial charge >= 0.3 is 0 Å². The van der Waals surface area contributed by atoms with Gasteiger partial charge in [0.05, 0.1) is 22.9 Å². The lowest BCUT2D eigenvalue weighted by atomic mass is 9.88. The van der Waals surface area contributed by atoms with E-state index in [1.807, 2.05) is 18.2 Å². The Morgan fingerprint density at radius 2 is 2.26 bits per heavy atom. The van der Waals surface area contributed by atoms with Gasteiger partial charge in [-0.2, -0.15) is 5.26 Å². The van der Waals surface area contributed by atoms with E-state index in [0.717, 1.165) is 30.4 Å². The quantitative estimate of drug-likeness (QED) is 0.774. The van der Waals surface area contributed by atoms with E-state index in [1.54, 1.807) is 6.07 Å². The van der Waals surface area contributed by atoms with E-state index in [9.17, 15) is 9.59 Å². The van der Waals surface area contributed by atoms with Gasteiger partial charge in [-0.05, 0) is 48.4 Å². The van der Waals surface area contributed by atoms with Gasteiger partial charge in [-0.25, -0.2) is 0 Å². The van der Waals surface area contributed by atoms with Crippen LogP contribution in [0.1, 0.15) is 45.3 Å². The zero-order valence-corrected chi connectivity index (χ0v) is 16.7. The molecule has 1 unspecified atom stereocenters. The molecule has 0 saturated carbocycles. The number of carbonyl (C=O) groups excluding carboxylic acids is 2. The van der Waals surface area contributed by atoms with Crippen molar-refractivity contribution in [1.29, 1.82) is 5.26 Å². The molecule has 5 nitrogen and oxygen atoms in total. The first kappa shape index (κ1) is 19.5. The number of amides is 2. The molecule has 1 aliphatic rings. The summed E-state index contributed by atoms with van der Waals surface area (Å²) in [5, 5.41) is 12.4. The van der Waals surface area contributed by atoms with Crippen LogP contribution in [-0.4, -0.2) is 17.6 Å². The molecule has 1 heterocycles. The second-order valence-electron chi connectivity index (χ2n) is 6.77. The summed E-state index contributed by atoms with van der Waals surface area (Å²) < 4.78 is 0. The number of nitrogens with one attached hydrogen (secondary N) is 1. The first-order chi connectivity index (χ1) is 13.0. The number of carbonyl (C=O) groups is 2. The van der Waals surface area contributed by atoms with Gasteiger partial charge in [0.1, 0.15) is 5.00 Å². The number of thioether (sulfide) groups is 1. The highest BCUT2D eigenvalue weighted by molar-refractivity contribution is 7.99. The molecule has 0 saturated heterocycles. The van der Waals surface area contributed by atoms with Crippen LogP contribution < -0.4 is 11.1 Å². The molecule has 0 aliphatic heterocycles. The van der Waals surface area contributed by atoms with E-state index in [1.165, 1.54) is 28.0 Å². The maximum atomic E-state index is 12.3. The molecule has 0 fully saturated rings. The van der Waals surface area contributed by atoms with Crippen LogP contribution in [0.4, 0.5) is 5.00 Å². The number of rotatable bonds is 6. The second kappa shape index (κ2) is 8.59. The highest BCUT2D eigenvalue weighted by Crippen LogP contribution is 2.39. The number of benzene rings is 1. The van der Waals surface area contributed by atoms with Crippen LogP contribution >= 0.6 is 23.1 Å². The van der Waals surface area contributed by atoms with Crippen LogP contribution in [0.2, 0.25) is 0 Å². The summed E-state index contributed by atoms with van der Waals surface area (Å²) in [6, 6.07) is 9.47. The Morgan fingerprint density at radius 1 is 1.44 bits per heavy atom. The summed E-state index contributed by atoms with van der Waals surface area (Å²) >= 11 is 2.95. The molecule has 0 bridgehead atoms. The number of primary amides is 1. The first-order valence-corrected chi connectivity index (χ1v) is 10.8. The highest BCUT2D eigenvalue weighted by atomic mass is 32.2. The number of hydrogen-bond acceptors (Lipinski definition) is 5. The lowest BCUT2D eigenvalue weighted by Gasteiger charge is -2.18. The molecular formula is C20H21N3O2S2. The summed E-state index contributed by atoms with van der Waals surface area (Å²) in [5.74, 6) is 0.877. The number of anilines is 1. The average molecular weight is 400 g/mol. The zero-order valence-electron chi connectivity index (χ0n) is 15.1. The molecule has 2 aromatic rings. The van der Waals surface area contributed by atoms with Gasteiger partial charge in [0.15, 0.2) is 0 Å². The summed E-state index contributed by atoms with van der Waals surface area (Å²) in [4.78, 5) is 25.4. The van der Waals surface area contributed by atoms with Crippen LogP contribution in [-0.2, 0) is 23.4 Å². The Kier molecular flexibility index (Phi) is 6.19. The zero-order chi connectivity index (χ0) is 19.4. The molecule has 3 rings (SSSR count). The van der Waals surface area contributed by atoms with Crippen molar-refractivity contribution in [3.63, 3.8) is 0 Å². The van der Waals surface area contributed by atoms with Gasteiger partial charge in [0.25, 0.3) is 5.91 Å². The van der Waals surface area contributed by atoms with Crippen molar-refractivity contribution in [2.45, 2.75) is 31.9 Å². The molecule has 7 heteroatoms. The van der Waals surface area contributed by atoms with E-state index in [4.69, 9.17) is 11.0 Å². The van der Waals surface area contributed by atoms with Crippen LogP contribution in [0.3, 0.4) is 0 Å². The minimum atomic E-state index is -0.474. The van der Waals surface area contributed by atoms with Gasteiger partial charge in [-0.15, -0.1) is 23.1 Å². The van der Waals surface area contributed by atoms with E-state index >= 15 is 0 Å². The normalized spacial score (nSPS) is 15.6. The van der Waals surface area contributed by atoms with Crippen LogP contribution in [0, 0.1) is 17.2 Å². The van der Waals surface area contributed by atoms with E-state index in [-0.39, 0.29) is 11.7 Å². The van der Waals surface area contributed by atoms with E-state index < -0.39 is 5.91 Å². The van der Waals surface area contributed by atoms with Gasteiger partial charge in [-0.1, -0.05) is 19.1 Å². The molecule has 1 atom stereocenters. The van der Waals surface area contributed by atoms with Gasteiger partial charge in [0, 0.05) is 10.6 Å². The van der Waals surface area contributed by atoms with Crippen molar-refractivity contribution in [1.82, 2.24) is 0 Å². The largest absolute Gasteiger partial charge is 0.365 e. The minimum Gasteiger partial charge on any atom is -0.365 e. The van der Waals surface area contributed by atoms with Gasteiger partial charge in [-0.3, -0.25) is 9.59 Å². The lowest BCUT2D eigenvalue weighted by molar-refractivity contribution is -0.113. The summed E-state index contributed by atoms with van der Waals surface area (Å²) in [7, 11) is 0. The van der Waals surface area contributed by atoms with Crippen LogP contribution in [0.25, 0.3) is 0 Å². The maximum absolute atomic E-state index is 12.3. The van der Waals surface area contributed by atoms with Crippen LogP contribution in [0.15, 0.2) is 24.3 Å². The Balaban J connectivity index is 1.62. The first-order valence-electron chi connectivity index (χ1n) is 8.79. The Morgan fingerprint density at radius 3 is 3.00 bits per heavy atom. The predicted octanol–water partition coefficient (Wildman–Crippen LogP) is 3.72. The molecule has 1 aliphatic carbocycles. The maximum Gasteiger partial charge on any atom is 0.251 e. The summed E-state index contributed by atoms with van der Waals surface area (Å²) in [5.41, 5.74) is 8.70. The number of nitrogens with two attached hydrogens (primary N) is 1. The third-order valence-corrected chi connectivity index (χ3v) is 6.74. The summed E-state index contributed by atoms with van der Waals surface area (Å²) in [6.45, 7) is 2.20. The number of hydrogen-bond donors (Lipinski definition) is 2. The highest BCUT2D eigenvalue weighted by Gasteiger charge is 2.27. The van der Waals surface area contributed by atoms with E-state index in [0.29, 0.717) is 27.8 Å². The molecular weight excluding hydrogens is 378 g/mol. The molecule has 1 aromatic carbocycles. The Hall–Kier alpha value is -2.30. The molecule has 2 amide bonds. The fourth-order valence-electron chi connectivity index (χ4n) is 3.25. The predicted molar refractivity (Wildman–Crippen MR) is 110 cm³/mol. The molecule has 0 spiro atoms. The third-order valence-electron chi connectivity index (χ3n) is 4.57. The monoisotopic (exact) mass is 399 g/mol. The SMILES string of the molecule is CC1CCc2c(sc(NC(=O)CSCc3cccc(C#N)c3)c2C(N)=O)C1.